The van der Waals surface area contributed by atoms with Crippen molar-refractivity contribution in [3.8, 4) is 16.3 Å². The molecule has 0 unspecified atom stereocenters. The first-order valence-corrected chi connectivity index (χ1v) is 6.59. The Labute approximate surface area is 112 Å². The summed E-state index contributed by atoms with van der Waals surface area (Å²) in [6.07, 6.45) is 0. The number of thiazole rings is 1. The molecule has 1 heterocycles. The molecule has 0 aliphatic heterocycles. The lowest BCUT2D eigenvalue weighted by atomic mass is 10.2. The smallest absolute Gasteiger partial charge is 0.178 e. The summed E-state index contributed by atoms with van der Waals surface area (Å²) < 4.78 is 6.11. The molecule has 3 nitrogen and oxygen atoms in total. The number of methoxy groups -OCH3 is 1. The Kier molecular flexibility index (Phi) is 3.59. The van der Waals surface area contributed by atoms with Crippen LogP contribution in [0.1, 0.15) is 17.4 Å². The lowest BCUT2D eigenvalue weighted by Gasteiger charge is -2.04. The Bertz CT molecular complexity index is 565. The van der Waals surface area contributed by atoms with Gasteiger partial charge in [-0.1, -0.05) is 15.9 Å². The third kappa shape index (κ3) is 2.56. The van der Waals surface area contributed by atoms with Crippen molar-refractivity contribution < 1.29 is 9.53 Å². The van der Waals surface area contributed by atoms with Crippen molar-refractivity contribution in [3.05, 3.63) is 33.7 Å². The highest BCUT2D eigenvalue weighted by Gasteiger charge is 2.11. The van der Waals surface area contributed by atoms with Gasteiger partial charge in [0.1, 0.15) is 16.5 Å². The molecule has 0 amide bonds. The van der Waals surface area contributed by atoms with E-state index in [0.29, 0.717) is 5.69 Å². The van der Waals surface area contributed by atoms with Crippen molar-refractivity contribution in [3.63, 3.8) is 0 Å². The summed E-state index contributed by atoms with van der Waals surface area (Å²) >= 11 is 4.92. The molecule has 2 rings (SSSR count). The fourth-order valence-corrected chi connectivity index (χ4v) is 2.81. The summed E-state index contributed by atoms with van der Waals surface area (Å²) in [6.45, 7) is 1.51. The van der Waals surface area contributed by atoms with Crippen LogP contribution in [0.5, 0.6) is 5.75 Å². The molecule has 2 aromatic rings. The summed E-state index contributed by atoms with van der Waals surface area (Å²) in [7, 11) is 1.62. The second kappa shape index (κ2) is 4.98. The predicted molar refractivity (Wildman–Crippen MR) is 71.8 cm³/mol. The van der Waals surface area contributed by atoms with Gasteiger partial charge < -0.3 is 4.74 Å². The predicted octanol–water partition coefficient (Wildman–Crippen LogP) is 3.78. The van der Waals surface area contributed by atoms with E-state index in [4.69, 9.17) is 4.74 Å². The fourth-order valence-electron chi connectivity index (χ4n) is 1.35. The van der Waals surface area contributed by atoms with E-state index >= 15 is 0 Å². The molecule has 0 radical (unpaired) electrons. The van der Waals surface area contributed by atoms with Crippen LogP contribution in [-0.2, 0) is 0 Å². The maximum Gasteiger partial charge on any atom is 0.178 e. The Morgan fingerprint density at radius 2 is 2.24 bits per heavy atom. The number of ketones is 1. The SMILES string of the molecule is COc1ccc(Br)c(-c2nc(C(C)=O)cs2)c1. The van der Waals surface area contributed by atoms with E-state index in [2.05, 4.69) is 20.9 Å². The molecule has 0 aliphatic rings. The maximum absolute atomic E-state index is 11.2. The largest absolute Gasteiger partial charge is 0.497 e. The van der Waals surface area contributed by atoms with E-state index in [1.54, 1.807) is 12.5 Å². The van der Waals surface area contributed by atoms with Gasteiger partial charge in [0.25, 0.3) is 0 Å². The van der Waals surface area contributed by atoms with Crippen LogP contribution in [0.2, 0.25) is 0 Å². The summed E-state index contributed by atoms with van der Waals surface area (Å²) in [5.74, 6) is 0.745. The number of benzene rings is 1. The van der Waals surface area contributed by atoms with E-state index in [-0.39, 0.29) is 5.78 Å². The lowest BCUT2D eigenvalue weighted by molar-refractivity contribution is 0.101. The van der Waals surface area contributed by atoms with Crippen LogP contribution in [0.3, 0.4) is 0 Å². The van der Waals surface area contributed by atoms with Crippen LogP contribution < -0.4 is 4.74 Å². The van der Waals surface area contributed by atoms with Crippen LogP contribution in [0, 0.1) is 0 Å². The minimum Gasteiger partial charge on any atom is -0.497 e. The zero-order valence-corrected chi connectivity index (χ0v) is 11.8. The first-order valence-electron chi connectivity index (χ1n) is 4.92. The van der Waals surface area contributed by atoms with Gasteiger partial charge in [0.15, 0.2) is 5.78 Å². The number of rotatable bonds is 3. The van der Waals surface area contributed by atoms with E-state index in [1.165, 1.54) is 18.3 Å². The molecule has 88 valence electrons. The van der Waals surface area contributed by atoms with Gasteiger partial charge in [-0.2, -0.15) is 0 Å². The molecular weight excluding hydrogens is 302 g/mol. The van der Waals surface area contributed by atoms with Crippen LogP contribution in [0.4, 0.5) is 0 Å². The third-order valence-electron chi connectivity index (χ3n) is 2.27. The van der Waals surface area contributed by atoms with Gasteiger partial charge in [-0.15, -0.1) is 11.3 Å². The van der Waals surface area contributed by atoms with Crippen molar-refractivity contribution in [1.82, 2.24) is 4.98 Å². The van der Waals surface area contributed by atoms with E-state index < -0.39 is 0 Å². The van der Waals surface area contributed by atoms with E-state index in [0.717, 1.165) is 20.8 Å². The number of ether oxygens (including phenoxy) is 1. The number of hydrogen-bond donors (Lipinski definition) is 0. The van der Waals surface area contributed by atoms with Crippen molar-refractivity contribution >= 4 is 33.0 Å². The second-order valence-electron chi connectivity index (χ2n) is 3.44. The lowest BCUT2D eigenvalue weighted by Crippen LogP contribution is -1.91. The molecule has 0 fully saturated rings. The third-order valence-corrected chi connectivity index (χ3v) is 3.84. The fraction of sp³-hybridized carbons (Fsp3) is 0.167. The second-order valence-corrected chi connectivity index (χ2v) is 5.15. The monoisotopic (exact) mass is 311 g/mol. The minimum absolute atomic E-state index is 0.0217. The molecule has 0 spiro atoms. The zero-order valence-electron chi connectivity index (χ0n) is 9.36. The maximum atomic E-state index is 11.2. The van der Waals surface area contributed by atoms with E-state index in [9.17, 15) is 4.79 Å². The van der Waals surface area contributed by atoms with Gasteiger partial charge in [0.2, 0.25) is 0 Å². The molecule has 0 atom stereocenters. The molecule has 1 aromatic carbocycles. The Morgan fingerprint density at radius 1 is 1.47 bits per heavy atom. The number of carbonyl (C=O) groups excluding carboxylic acids is 1. The van der Waals surface area contributed by atoms with Crippen molar-refractivity contribution in [2.75, 3.05) is 7.11 Å². The average Bonchev–Trinajstić information content (AvgIpc) is 2.79. The molecule has 0 bridgehead atoms. The van der Waals surface area contributed by atoms with Gasteiger partial charge in [-0.3, -0.25) is 4.79 Å². The Morgan fingerprint density at radius 3 is 2.82 bits per heavy atom. The van der Waals surface area contributed by atoms with Crippen molar-refractivity contribution in [2.45, 2.75) is 6.92 Å². The molecule has 0 saturated heterocycles. The van der Waals surface area contributed by atoms with Crippen molar-refractivity contribution in [2.24, 2.45) is 0 Å². The summed E-state index contributed by atoms with van der Waals surface area (Å²) in [5.41, 5.74) is 1.43. The number of nitrogens with zero attached hydrogens (tertiary/aromatic N) is 1. The first-order chi connectivity index (χ1) is 8.11. The highest BCUT2D eigenvalue weighted by Crippen LogP contribution is 2.33. The molecule has 0 aliphatic carbocycles. The highest BCUT2D eigenvalue weighted by molar-refractivity contribution is 9.10. The number of carbonyl (C=O) groups is 1. The molecule has 17 heavy (non-hydrogen) atoms. The molecule has 1 aromatic heterocycles. The zero-order chi connectivity index (χ0) is 12.4. The molecule has 0 N–H and O–H groups in total. The normalized spacial score (nSPS) is 10.3. The van der Waals surface area contributed by atoms with E-state index in [1.807, 2.05) is 18.2 Å². The van der Waals surface area contributed by atoms with Gasteiger partial charge in [0.05, 0.1) is 7.11 Å². The van der Waals surface area contributed by atoms with Gasteiger partial charge in [-0.05, 0) is 18.2 Å². The highest BCUT2D eigenvalue weighted by atomic mass is 79.9. The number of aromatic nitrogens is 1. The number of halogens is 1. The van der Waals surface area contributed by atoms with Crippen LogP contribution in [0.25, 0.3) is 10.6 Å². The molecular formula is C12H10BrNO2S. The van der Waals surface area contributed by atoms with Crippen molar-refractivity contribution in [1.29, 1.82) is 0 Å². The summed E-state index contributed by atoms with van der Waals surface area (Å²) in [4.78, 5) is 15.5. The Hall–Kier alpha value is -1.20. The van der Waals surface area contributed by atoms with Gasteiger partial charge >= 0.3 is 0 Å². The average molecular weight is 312 g/mol. The topological polar surface area (TPSA) is 39.2 Å². The van der Waals surface area contributed by atoms with Crippen LogP contribution in [-0.4, -0.2) is 17.9 Å². The molecule has 5 heteroatoms. The number of hydrogen-bond acceptors (Lipinski definition) is 4. The van der Waals surface area contributed by atoms with Crippen LogP contribution >= 0.6 is 27.3 Å². The summed E-state index contributed by atoms with van der Waals surface area (Å²) in [6, 6.07) is 5.67. The van der Waals surface area contributed by atoms with Crippen LogP contribution in [0.15, 0.2) is 28.1 Å². The standard InChI is InChI=1S/C12H10BrNO2S/c1-7(15)11-6-17-12(14-11)9-5-8(16-2)3-4-10(9)13/h3-6H,1-2H3. The summed E-state index contributed by atoms with van der Waals surface area (Å²) in [5, 5.41) is 2.57. The minimum atomic E-state index is -0.0217. The molecule has 0 saturated carbocycles. The number of Topliss-reactive ketones (excluding diaryl/α,β-unsaturated/α-hetero) is 1. The Balaban J connectivity index is 2.47. The first kappa shape index (κ1) is 12.3. The van der Waals surface area contributed by atoms with Gasteiger partial charge in [0, 0.05) is 22.3 Å². The quantitative estimate of drug-likeness (QED) is 0.810. The van der Waals surface area contributed by atoms with Gasteiger partial charge in [-0.25, -0.2) is 4.98 Å².